The Bertz CT molecular complexity index is 370. The van der Waals surface area contributed by atoms with Crippen LogP contribution in [0, 0.1) is 5.92 Å². The number of hydrogen-bond acceptors (Lipinski definition) is 5. The lowest BCUT2D eigenvalue weighted by atomic mass is 10.1. The van der Waals surface area contributed by atoms with Gasteiger partial charge in [0.2, 0.25) is 0 Å². The third-order valence-corrected chi connectivity index (χ3v) is 2.41. The van der Waals surface area contributed by atoms with E-state index in [1.54, 1.807) is 0 Å². The lowest BCUT2D eigenvalue weighted by Crippen LogP contribution is -2.28. The van der Waals surface area contributed by atoms with E-state index in [0.29, 0.717) is 0 Å². The highest BCUT2D eigenvalue weighted by molar-refractivity contribution is 5.90. The van der Waals surface area contributed by atoms with E-state index in [1.165, 1.54) is 12.4 Å². The highest BCUT2D eigenvalue weighted by Gasteiger charge is 2.17. The van der Waals surface area contributed by atoms with Gasteiger partial charge in [0.1, 0.15) is 0 Å². The van der Waals surface area contributed by atoms with Crippen molar-refractivity contribution in [2.45, 2.75) is 19.9 Å². The summed E-state index contributed by atoms with van der Waals surface area (Å²) in [5.41, 5.74) is -0.112. The third-order valence-electron chi connectivity index (χ3n) is 2.41. The first kappa shape index (κ1) is 12.4. The molecule has 0 bridgehead atoms. The molecular formula is C10H15N3O3. The summed E-state index contributed by atoms with van der Waals surface area (Å²) in [4.78, 5) is 18.5. The highest BCUT2D eigenvalue weighted by Crippen LogP contribution is 2.13. The fourth-order valence-corrected chi connectivity index (χ4v) is 1.12. The molecule has 0 radical (unpaired) electrons. The molecule has 0 saturated heterocycles. The van der Waals surface area contributed by atoms with Gasteiger partial charge in [-0.05, 0) is 12.8 Å². The molecule has 0 aliphatic heterocycles. The van der Waals surface area contributed by atoms with Gasteiger partial charge < -0.3 is 15.5 Å². The number of aliphatic hydroxyl groups is 1. The molecule has 16 heavy (non-hydrogen) atoms. The zero-order chi connectivity index (χ0) is 12.1. The van der Waals surface area contributed by atoms with Crippen LogP contribution in [0.25, 0.3) is 0 Å². The van der Waals surface area contributed by atoms with Crippen LogP contribution in [0.15, 0.2) is 12.4 Å². The number of nitrogens with zero attached hydrogens (tertiary/aromatic N) is 2. The van der Waals surface area contributed by atoms with Crippen LogP contribution in [-0.2, 0) is 0 Å². The van der Waals surface area contributed by atoms with E-state index < -0.39 is 5.97 Å². The molecule has 1 rings (SSSR count). The number of carboxylic acid groups (broad SMARTS) is 1. The standard InChI is InChI=1S/C10H15N3O3/c1-6(5-14)7(2)13-9-8(10(15)16)11-3-4-12-9/h3-4,6-7,14H,5H2,1-2H3,(H,12,13)(H,15,16). The van der Waals surface area contributed by atoms with Crippen molar-refractivity contribution in [2.24, 2.45) is 5.92 Å². The lowest BCUT2D eigenvalue weighted by molar-refractivity contribution is 0.0691. The van der Waals surface area contributed by atoms with Crippen LogP contribution >= 0.6 is 0 Å². The molecule has 1 aromatic heterocycles. The Kier molecular flexibility index (Phi) is 4.19. The Balaban J connectivity index is 2.84. The Morgan fingerprint density at radius 2 is 2.06 bits per heavy atom. The van der Waals surface area contributed by atoms with Gasteiger partial charge in [0.05, 0.1) is 0 Å². The second kappa shape index (κ2) is 5.41. The predicted octanol–water partition coefficient (Wildman–Crippen LogP) is 0.604. The van der Waals surface area contributed by atoms with Crippen LogP contribution in [0.3, 0.4) is 0 Å². The van der Waals surface area contributed by atoms with Crippen molar-refractivity contribution >= 4 is 11.8 Å². The quantitative estimate of drug-likeness (QED) is 0.679. The summed E-state index contributed by atoms with van der Waals surface area (Å²) in [7, 11) is 0. The van der Waals surface area contributed by atoms with E-state index in [4.69, 9.17) is 10.2 Å². The number of hydrogen-bond donors (Lipinski definition) is 3. The monoisotopic (exact) mass is 225 g/mol. The smallest absolute Gasteiger partial charge is 0.358 e. The highest BCUT2D eigenvalue weighted by atomic mass is 16.4. The second-order valence-electron chi connectivity index (χ2n) is 3.65. The van der Waals surface area contributed by atoms with Crippen molar-refractivity contribution in [3.63, 3.8) is 0 Å². The molecule has 6 nitrogen and oxygen atoms in total. The molecule has 3 N–H and O–H groups in total. The molecule has 1 aromatic rings. The second-order valence-corrected chi connectivity index (χ2v) is 3.65. The first-order chi connectivity index (χ1) is 7.56. The fourth-order valence-electron chi connectivity index (χ4n) is 1.12. The van der Waals surface area contributed by atoms with Gasteiger partial charge in [-0.1, -0.05) is 6.92 Å². The van der Waals surface area contributed by atoms with Gasteiger partial charge in [0.15, 0.2) is 11.5 Å². The van der Waals surface area contributed by atoms with Gasteiger partial charge in [-0.2, -0.15) is 0 Å². The maximum absolute atomic E-state index is 10.9. The molecule has 1 heterocycles. The predicted molar refractivity (Wildman–Crippen MR) is 58.3 cm³/mol. The molecule has 0 aromatic carbocycles. The minimum Gasteiger partial charge on any atom is -0.476 e. The van der Waals surface area contributed by atoms with E-state index in [2.05, 4.69) is 15.3 Å². The Morgan fingerprint density at radius 1 is 1.44 bits per heavy atom. The van der Waals surface area contributed by atoms with Crippen molar-refractivity contribution in [1.29, 1.82) is 0 Å². The van der Waals surface area contributed by atoms with Crippen LogP contribution in [-0.4, -0.2) is 38.8 Å². The molecule has 0 saturated carbocycles. The molecule has 2 atom stereocenters. The van der Waals surface area contributed by atoms with Gasteiger partial charge in [0.25, 0.3) is 0 Å². The van der Waals surface area contributed by atoms with Crippen LogP contribution in [0.5, 0.6) is 0 Å². The number of aromatic nitrogens is 2. The largest absolute Gasteiger partial charge is 0.476 e. The first-order valence-corrected chi connectivity index (χ1v) is 4.98. The Labute approximate surface area is 93.4 Å². The normalized spacial score (nSPS) is 14.2. The van der Waals surface area contributed by atoms with Crippen LogP contribution < -0.4 is 5.32 Å². The van der Waals surface area contributed by atoms with Crippen molar-refractivity contribution in [3.05, 3.63) is 18.1 Å². The zero-order valence-electron chi connectivity index (χ0n) is 9.21. The number of rotatable bonds is 5. The molecule has 0 aliphatic carbocycles. The molecular weight excluding hydrogens is 210 g/mol. The topological polar surface area (TPSA) is 95.3 Å². The Hall–Kier alpha value is -1.69. The van der Waals surface area contributed by atoms with Gasteiger partial charge in [-0.25, -0.2) is 14.8 Å². The summed E-state index contributed by atoms with van der Waals surface area (Å²) in [6.07, 6.45) is 2.75. The molecule has 0 aliphatic rings. The maximum atomic E-state index is 10.9. The summed E-state index contributed by atoms with van der Waals surface area (Å²) in [5, 5.41) is 20.8. The van der Waals surface area contributed by atoms with Crippen LogP contribution in [0.4, 0.5) is 5.82 Å². The van der Waals surface area contributed by atoms with E-state index in [0.717, 1.165) is 0 Å². The van der Waals surface area contributed by atoms with Gasteiger partial charge in [-0.3, -0.25) is 0 Å². The summed E-state index contributed by atoms with van der Waals surface area (Å²) in [6, 6.07) is -0.0835. The SMILES string of the molecule is CC(CO)C(C)Nc1nccnc1C(=O)O. The molecule has 2 unspecified atom stereocenters. The van der Waals surface area contributed by atoms with E-state index in [1.807, 2.05) is 13.8 Å². The van der Waals surface area contributed by atoms with Gasteiger partial charge >= 0.3 is 5.97 Å². The number of aliphatic hydroxyl groups excluding tert-OH is 1. The number of nitrogens with one attached hydrogen (secondary N) is 1. The average molecular weight is 225 g/mol. The minimum atomic E-state index is -1.13. The minimum absolute atomic E-state index is 0.00338. The number of carboxylic acids is 1. The first-order valence-electron chi connectivity index (χ1n) is 4.98. The third kappa shape index (κ3) is 2.90. The van der Waals surface area contributed by atoms with Gasteiger partial charge in [0, 0.05) is 25.0 Å². The molecule has 0 fully saturated rings. The zero-order valence-corrected chi connectivity index (χ0v) is 9.21. The number of aromatic carboxylic acids is 1. The number of anilines is 1. The Morgan fingerprint density at radius 3 is 2.62 bits per heavy atom. The molecule has 6 heteroatoms. The fraction of sp³-hybridized carbons (Fsp3) is 0.500. The van der Waals surface area contributed by atoms with Gasteiger partial charge in [-0.15, -0.1) is 0 Å². The van der Waals surface area contributed by atoms with E-state index >= 15 is 0 Å². The lowest BCUT2D eigenvalue weighted by Gasteiger charge is -2.20. The number of carbonyl (C=O) groups is 1. The van der Waals surface area contributed by atoms with Crippen molar-refractivity contribution in [1.82, 2.24) is 9.97 Å². The molecule has 0 amide bonds. The summed E-state index contributed by atoms with van der Waals surface area (Å²) >= 11 is 0. The molecule has 88 valence electrons. The summed E-state index contributed by atoms with van der Waals surface area (Å²) < 4.78 is 0. The summed E-state index contributed by atoms with van der Waals surface area (Å²) in [5.74, 6) is -0.897. The summed E-state index contributed by atoms with van der Waals surface area (Å²) in [6.45, 7) is 3.73. The average Bonchev–Trinajstić information content (AvgIpc) is 2.28. The van der Waals surface area contributed by atoms with Crippen LogP contribution in [0.1, 0.15) is 24.3 Å². The van der Waals surface area contributed by atoms with E-state index in [-0.39, 0.29) is 30.1 Å². The van der Waals surface area contributed by atoms with Crippen molar-refractivity contribution in [3.8, 4) is 0 Å². The van der Waals surface area contributed by atoms with Crippen LogP contribution in [0.2, 0.25) is 0 Å². The van der Waals surface area contributed by atoms with E-state index in [9.17, 15) is 4.79 Å². The molecule has 0 spiro atoms. The van der Waals surface area contributed by atoms with Crippen molar-refractivity contribution in [2.75, 3.05) is 11.9 Å². The maximum Gasteiger partial charge on any atom is 0.358 e. The van der Waals surface area contributed by atoms with Crippen molar-refractivity contribution < 1.29 is 15.0 Å².